The molecule has 16 heavy (non-hydrogen) atoms. The predicted octanol–water partition coefficient (Wildman–Crippen LogP) is 2.53. The Morgan fingerprint density at radius 2 is 2.00 bits per heavy atom. The fraction of sp³-hybridized carbons (Fsp3) is 0.455. The van der Waals surface area contributed by atoms with Gasteiger partial charge >= 0.3 is 0 Å². The van der Waals surface area contributed by atoms with Crippen LogP contribution in [0.15, 0.2) is 33.6 Å². The van der Waals surface area contributed by atoms with Gasteiger partial charge in [0.15, 0.2) is 0 Å². The molecule has 3 nitrogen and oxygen atoms in total. The fourth-order valence-electron chi connectivity index (χ4n) is 1.66. The lowest BCUT2D eigenvalue weighted by atomic mass is 10.2. The molecule has 5 heteroatoms. The molecule has 88 valence electrons. The van der Waals surface area contributed by atoms with Crippen molar-refractivity contribution in [2.45, 2.75) is 30.7 Å². The third kappa shape index (κ3) is 2.64. The third-order valence-corrected chi connectivity index (χ3v) is 5.37. The topological polar surface area (TPSA) is 46.2 Å². The van der Waals surface area contributed by atoms with E-state index in [1.807, 2.05) is 6.92 Å². The van der Waals surface area contributed by atoms with E-state index in [1.165, 1.54) is 0 Å². The molecule has 0 heterocycles. The largest absolute Gasteiger partial charge is 0.241 e. The zero-order chi connectivity index (χ0) is 11.8. The van der Waals surface area contributed by atoms with Crippen molar-refractivity contribution >= 4 is 26.0 Å². The Morgan fingerprint density at radius 1 is 1.38 bits per heavy atom. The lowest BCUT2D eigenvalue weighted by Gasteiger charge is -2.14. The van der Waals surface area contributed by atoms with E-state index in [-0.39, 0.29) is 6.04 Å². The van der Waals surface area contributed by atoms with Gasteiger partial charge in [-0.05, 0) is 53.7 Å². The van der Waals surface area contributed by atoms with Crippen LogP contribution in [0.1, 0.15) is 19.8 Å². The standard InChI is InChI=1S/C11H14BrNO2S/c1-8(9-6-7-9)13-16(14,15)11-5-3-2-4-10(11)12/h2-5,8-9,13H,6-7H2,1H3. The number of sulfonamides is 1. The van der Waals surface area contributed by atoms with Crippen LogP contribution in [0.5, 0.6) is 0 Å². The Labute approximate surface area is 104 Å². The average Bonchev–Trinajstić information content (AvgIpc) is 3.00. The summed E-state index contributed by atoms with van der Waals surface area (Å²) >= 11 is 3.26. The molecule has 1 aliphatic rings. The van der Waals surface area contributed by atoms with Crippen molar-refractivity contribution in [2.24, 2.45) is 5.92 Å². The van der Waals surface area contributed by atoms with E-state index in [9.17, 15) is 8.42 Å². The SMILES string of the molecule is CC(NS(=O)(=O)c1ccccc1Br)C1CC1. The van der Waals surface area contributed by atoms with Crippen LogP contribution in [0.25, 0.3) is 0 Å². The summed E-state index contributed by atoms with van der Waals surface area (Å²) in [5.41, 5.74) is 0. The number of halogens is 1. The molecule has 0 bridgehead atoms. The smallest absolute Gasteiger partial charge is 0.208 e. The van der Waals surface area contributed by atoms with E-state index in [0.717, 1.165) is 12.8 Å². The average molecular weight is 304 g/mol. The van der Waals surface area contributed by atoms with Crippen molar-refractivity contribution in [2.75, 3.05) is 0 Å². The first-order valence-electron chi connectivity index (χ1n) is 5.27. The van der Waals surface area contributed by atoms with Gasteiger partial charge in [0.25, 0.3) is 0 Å². The molecule has 1 saturated carbocycles. The van der Waals surface area contributed by atoms with Crippen LogP contribution in [0.3, 0.4) is 0 Å². The summed E-state index contributed by atoms with van der Waals surface area (Å²) in [6.07, 6.45) is 2.25. The monoisotopic (exact) mass is 303 g/mol. The number of nitrogens with one attached hydrogen (secondary N) is 1. The summed E-state index contributed by atoms with van der Waals surface area (Å²) < 4.78 is 27.4. The van der Waals surface area contributed by atoms with E-state index >= 15 is 0 Å². The lowest BCUT2D eigenvalue weighted by molar-refractivity contribution is 0.537. The third-order valence-electron chi connectivity index (χ3n) is 2.80. The molecule has 1 aromatic carbocycles. The first kappa shape index (κ1) is 12.1. The molecule has 1 fully saturated rings. The van der Waals surface area contributed by atoms with Gasteiger partial charge in [-0.15, -0.1) is 0 Å². The van der Waals surface area contributed by atoms with Crippen LogP contribution >= 0.6 is 15.9 Å². The minimum atomic E-state index is -3.39. The summed E-state index contributed by atoms with van der Waals surface area (Å²) in [6, 6.07) is 6.88. The van der Waals surface area contributed by atoms with Crippen LogP contribution < -0.4 is 4.72 Å². The van der Waals surface area contributed by atoms with Crippen LogP contribution in [-0.2, 0) is 10.0 Å². The van der Waals surface area contributed by atoms with Gasteiger partial charge in [0.05, 0.1) is 4.90 Å². The Bertz CT molecular complexity index is 483. The van der Waals surface area contributed by atoms with Crippen molar-refractivity contribution in [1.29, 1.82) is 0 Å². The van der Waals surface area contributed by atoms with E-state index in [0.29, 0.717) is 15.3 Å². The summed E-state index contributed by atoms with van der Waals surface area (Å²) in [4.78, 5) is 0.308. The molecule has 1 aromatic rings. The fourth-order valence-corrected chi connectivity index (χ4v) is 3.98. The van der Waals surface area contributed by atoms with Crippen molar-refractivity contribution in [3.05, 3.63) is 28.7 Å². The maximum atomic E-state index is 12.1. The summed E-state index contributed by atoms with van der Waals surface area (Å²) in [5.74, 6) is 0.511. The van der Waals surface area contributed by atoms with Crippen LogP contribution in [0, 0.1) is 5.92 Å². The zero-order valence-corrected chi connectivity index (χ0v) is 11.4. The summed E-state index contributed by atoms with van der Waals surface area (Å²) in [5, 5.41) is 0. The summed E-state index contributed by atoms with van der Waals surface area (Å²) in [7, 11) is -3.39. The second-order valence-electron chi connectivity index (χ2n) is 4.18. The molecule has 2 rings (SSSR count). The minimum Gasteiger partial charge on any atom is -0.208 e. The van der Waals surface area contributed by atoms with Gasteiger partial charge in [-0.3, -0.25) is 0 Å². The van der Waals surface area contributed by atoms with Gasteiger partial charge in [-0.1, -0.05) is 12.1 Å². The van der Waals surface area contributed by atoms with E-state index < -0.39 is 10.0 Å². The van der Waals surface area contributed by atoms with Gasteiger partial charge in [-0.2, -0.15) is 0 Å². The number of hydrogen-bond acceptors (Lipinski definition) is 2. The second kappa shape index (κ2) is 4.47. The van der Waals surface area contributed by atoms with Gasteiger partial charge in [0, 0.05) is 10.5 Å². The minimum absolute atomic E-state index is 0.0251. The van der Waals surface area contributed by atoms with Gasteiger partial charge in [0.1, 0.15) is 0 Å². The van der Waals surface area contributed by atoms with Gasteiger partial charge in [0.2, 0.25) is 10.0 Å². The Balaban J connectivity index is 2.21. The van der Waals surface area contributed by atoms with Crippen molar-refractivity contribution < 1.29 is 8.42 Å². The predicted molar refractivity (Wildman–Crippen MR) is 66.6 cm³/mol. The molecule has 0 spiro atoms. The van der Waals surface area contributed by atoms with E-state index in [1.54, 1.807) is 24.3 Å². The molecule has 1 N–H and O–H groups in total. The highest BCUT2D eigenvalue weighted by atomic mass is 79.9. The normalized spacial score (nSPS) is 18.4. The van der Waals surface area contributed by atoms with Gasteiger partial charge < -0.3 is 0 Å². The number of benzene rings is 1. The first-order chi connectivity index (χ1) is 7.50. The molecular weight excluding hydrogens is 290 g/mol. The second-order valence-corrected chi connectivity index (χ2v) is 6.71. The highest BCUT2D eigenvalue weighted by Crippen LogP contribution is 2.33. The van der Waals surface area contributed by atoms with Crippen molar-refractivity contribution in [3.63, 3.8) is 0 Å². The van der Waals surface area contributed by atoms with E-state index in [4.69, 9.17) is 0 Å². The van der Waals surface area contributed by atoms with E-state index in [2.05, 4.69) is 20.7 Å². The molecule has 0 radical (unpaired) electrons. The molecule has 0 aromatic heterocycles. The molecule has 0 amide bonds. The maximum absolute atomic E-state index is 12.1. The highest BCUT2D eigenvalue weighted by Gasteiger charge is 2.31. The van der Waals surface area contributed by atoms with Crippen molar-refractivity contribution in [1.82, 2.24) is 4.72 Å². The molecule has 0 saturated heterocycles. The Kier molecular flexibility index (Phi) is 3.37. The zero-order valence-electron chi connectivity index (χ0n) is 8.98. The molecule has 1 unspecified atom stereocenters. The quantitative estimate of drug-likeness (QED) is 0.929. The summed E-state index contributed by atoms with van der Waals surface area (Å²) in [6.45, 7) is 1.92. The van der Waals surface area contributed by atoms with Crippen LogP contribution in [0.2, 0.25) is 0 Å². The lowest BCUT2D eigenvalue weighted by Crippen LogP contribution is -2.34. The van der Waals surface area contributed by atoms with Crippen LogP contribution in [-0.4, -0.2) is 14.5 Å². The Hall–Kier alpha value is -0.390. The Morgan fingerprint density at radius 3 is 2.56 bits per heavy atom. The van der Waals surface area contributed by atoms with Crippen LogP contribution in [0.4, 0.5) is 0 Å². The number of rotatable bonds is 4. The van der Waals surface area contributed by atoms with Gasteiger partial charge in [-0.25, -0.2) is 13.1 Å². The molecule has 1 aliphatic carbocycles. The molecule has 1 atom stereocenters. The molecular formula is C11H14BrNO2S. The number of hydrogen-bond donors (Lipinski definition) is 1. The molecule has 0 aliphatic heterocycles. The maximum Gasteiger partial charge on any atom is 0.241 e. The highest BCUT2D eigenvalue weighted by molar-refractivity contribution is 9.10. The first-order valence-corrected chi connectivity index (χ1v) is 7.55. The van der Waals surface area contributed by atoms with Crippen molar-refractivity contribution in [3.8, 4) is 0 Å².